The summed E-state index contributed by atoms with van der Waals surface area (Å²) in [5, 5.41) is 6.17. The summed E-state index contributed by atoms with van der Waals surface area (Å²) in [6.07, 6.45) is 1.45. The van der Waals surface area contributed by atoms with Gasteiger partial charge in [0.1, 0.15) is 6.04 Å². The van der Waals surface area contributed by atoms with Crippen LogP contribution in [-0.4, -0.2) is 11.9 Å². The van der Waals surface area contributed by atoms with Crippen LogP contribution in [-0.2, 0) is 11.2 Å². The average molecular weight is 232 g/mol. The third kappa shape index (κ3) is 3.81. The molecular weight excluding hydrogens is 216 g/mol. The van der Waals surface area contributed by atoms with Crippen molar-refractivity contribution in [2.75, 3.05) is 5.32 Å². The second-order valence-corrected chi connectivity index (χ2v) is 3.67. The molecule has 0 saturated heterocycles. The minimum absolute atomic E-state index is 0.269. The van der Waals surface area contributed by atoms with Crippen LogP contribution in [0.4, 0.5) is 5.69 Å². The first-order chi connectivity index (χ1) is 8.21. The van der Waals surface area contributed by atoms with Crippen molar-refractivity contribution in [3.05, 3.63) is 40.3 Å². The molecule has 0 bridgehead atoms. The summed E-state index contributed by atoms with van der Waals surface area (Å²) in [4.78, 5) is 14.4. The minimum Gasteiger partial charge on any atom is -0.326 e. The zero-order valence-corrected chi connectivity index (χ0v) is 10.1. The molecule has 0 saturated carbocycles. The van der Waals surface area contributed by atoms with E-state index in [2.05, 4.69) is 22.3 Å². The first-order valence-electron chi connectivity index (χ1n) is 5.65. The fourth-order valence-corrected chi connectivity index (χ4v) is 1.43. The molecule has 0 aliphatic rings. The molecule has 17 heavy (non-hydrogen) atoms. The fraction of sp³-hybridized carbons (Fsp3) is 0.417. The average Bonchev–Trinajstić information content (AvgIpc) is 2.36. The Balaban J connectivity index is 2.69. The number of amides is 1. The van der Waals surface area contributed by atoms with Gasteiger partial charge in [-0.1, -0.05) is 31.1 Å². The SMILES string of the molecule is CCc1ccc(NC(=O)[C@@H](CC)N=[N+]=[N-])cc1. The van der Waals surface area contributed by atoms with E-state index >= 15 is 0 Å². The van der Waals surface area contributed by atoms with Gasteiger partial charge in [0.05, 0.1) is 0 Å². The summed E-state index contributed by atoms with van der Waals surface area (Å²) in [6, 6.07) is 6.97. The lowest BCUT2D eigenvalue weighted by atomic mass is 10.1. The Labute approximate surface area is 100 Å². The number of anilines is 1. The molecule has 0 spiro atoms. The highest BCUT2D eigenvalue weighted by Crippen LogP contribution is 2.11. The van der Waals surface area contributed by atoms with E-state index in [0.29, 0.717) is 6.42 Å². The molecule has 0 aliphatic heterocycles. The first-order valence-corrected chi connectivity index (χ1v) is 5.65. The van der Waals surface area contributed by atoms with Gasteiger partial charge >= 0.3 is 0 Å². The van der Waals surface area contributed by atoms with Gasteiger partial charge in [0.25, 0.3) is 0 Å². The highest BCUT2D eigenvalue weighted by molar-refractivity contribution is 5.94. The summed E-state index contributed by atoms with van der Waals surface area (Å²) >= 11 is 0. The van der Waals surface area contributed by atoms with E-state index in [-0.39, 0.29) is 5.91 Å². The zero-order chi connectivity index (χ0) is 12.7. The number of hydrogen-bond donors (Lipinski definition) is 1. The number of carbonyl (C=O) groups is 1. The molecule has 1 amide bonds. The third-order valence-electron chi connectivity index (χ3n) is 2.51. The third-order valence-corrected chi connectivity index (χ3v) is 2.51. The Bertz CT molecular complexity index is 421. The van der Waals surface area contributed by atoms with Crippen LogP contribution in [0, 0.1) is 0 Å². The molecule has 0 aromatic heterocycles. The molecule has 1 N–H and O–H groups in total. The lowest BCUT2D eigenvalue weighted by Crippen LogP contribution is -2.25. The Kier molecular flexibility index (Phi) is 5.04. The molecule has 0 aliphatic carbocycles. The number of aryl methyl sites for hydroxylation is 1. The van der Waals surface area contributed by atoms with Gasteiger partial charge < -0.3 is 5.32 Å². The van der Waals surface area contributed by atoms with Crippen molar-refractivity contribution in [3.63, 3.8) is 0 Å². The molecule has 5 nitrogen and oxygen atoms in total. The van der Waals surface area contributed by atoms with E-state index in [9.17, 15) is 4.79 Å². The normalized spacial score (nSPS) is 11.4. The standard InChI is InChI=1S/C12H16N4O/c1-3-9-5-7-10(8-6-9)14-12(17)11(4-2)15-16-13/h5-8,11H,3-4H2,1-2H3,(H,14,17)/t11-/m1/s1. The molecule has 0 radical (unpaired) electrons. The van der Waals surface area contributed by atoms with Crippen molar-refractivity contribution in [1.29, 1.82) is 0 Å². The van der Waals surface area contributed by atoms with Gasteiger partial charge in [-0.25, -0.2) is 0 Å². The zero-order valence-electron chi connectivity index (χ0n) is 10.1. The Hall–Kier alpha value is -2.00. The van der Waals surface area contributed by atoms with Crippen molar-refractivity contribution in [2.24, 2.45) is 5.11 Å². The molecule has 0 unspecified atom stereocenters. The van der Waals surface area contributed by atoms with Crippen LogP contribution >= 0.6 is 0 Å². The summed E-state index contributed by atoms with van der Waals surface area (Å²) in [5.41, 5.74) is 10.3. The smallest absolute Gasteiger partial charge is 0.233 e. The molecule has 1 aromatic rings. The van der Waals surface area contributed by atoms with Crippen LogP contribution in [0.3, 0.4) is 0 Å². The van der Waals surface area contributed by atoms with Gasteiger partial charge in [-0.2, -0.15) is 0 Å². The Morgan fingerprint density at radius 3 is 2.53 bits per heavy atom. The summed E-state index contributed by atoms with van der Waals surface area (Å²) in [7, 11) is 0. The maximum Gasteiger partial charge on any atom is 0.233 e. The van der Waals surface area contributed by atoms with Gasteiger partial charge in [0.15, 0.2) is 0 Å². The topological polar surface area (TPSA) is 77.9 Å². The van der Waals surface area contributed by atoms with Gasteiger partial charge in [-0.05, 0) is 36.1 Å². The van der Waals surface area contributed by atoms with E-state index in [0.717, 1.165) is 12.1 Å². The Morgan fingerprint density at radius 1 is 1.41 bits per heavy atom. The number of nitrogens with zero attached hydrogens (tertiary/aromatic N) is 3. The highest BCUT2D eigenvalue weighted by atomic mass is 16.2. The van der Waals surface area contributed by atoms with Crippen LogP contribution in [0.1, 0.15) is 25.8 Å². The Morgan fingerprint density at radius 2 is 2.06 bits per heavy atom. The van der Waals surface area contributed by atoms with Crippen LogP contribution in [0.5, 0.6) is 0 Å². The van der Waals surface area contributed by atoms with Gasteiger partial charge in [0.2, 0.25) is 5.91 Å². The molecule has 0 heterocycles. The lowest BCUT2D eigenvalue weighted by Gasteiger charge is -2.09. The predicted octanol–water partition coefficient (Wildman–Crippen LogP) is 3.28. The van der Waals surface area contributed by atoms with Crippen LogP contribution in [0.25, 0.3) is 10.4 Å². The maximum absolute atomic E-state index is 11.7. The van der Waals surface area contributed by atoms with Crippen molar-refractivity contribution in [3.8, 4) is 0 Å². The summed E-state index contributed by atoms with van der Waals surface area (Å²) in [6.45, 7) is 3.88. The molecule has 90 valence electrons. The van der Waals surface area contributed by atoms with E-state index in [4.69, 9.17) is 5.53 Å². The van der Waals surface area contributed by atoms with Crippen LogP contribution < -0.4 is 5.32 Å². The number of azide groups is 1. The van der Waals surface area contributed by atoms with Gasteiger partial charge in [-0.15, -0.1) is 0 Å². The summed E-state index contributed by atoms with van der Waals surface area (Å²) < 4.78 is 0. The number of benzene rings is 1. The molecule has 1 atom stereocenters. The fourth-order valence-electron chi connectivity index (χ4n) is 1.43. The lowest BCUT2D eigenvalue weighted by molar-refractivity contribution is -0.117. The van der Waals surface area contributed by atoms with Crippen molar-refractivity contribution >= 4 is 11.6 Å². The first kappa shape index (κ1) is 13.1. The molecular formula is C12H16N4O. The molecule has 1 aromatic carbocycles. The highest BCUT2D eigenvalue weighted by Gasteiger charge is 2.14. The molecule has 0 fully saturated rings. The van der Waals surface area contributed by atoms with E-state index in [1.54, 1.807) is 6.92 Å². The quantitative estimate of drug-likeness (QED) is 0.472. The number of carbonyl (C=O) groups excluding carboxylic acids is 1. The second-order valence-electron chi connectivity index (χ2n) is 3.67. The second kappa shape index (κ2) is 6.55. The predicted molar refractivity (Wildman–Crippen MR) is 67.7 cm³/mol. The van der Waals surface area contributed by atoms with Gasteiger partial charge in [-0.3, -0.25) is 4.79 Å². The van der Waals surface area contributed by atoms with E-state index < -0.39 is 6.04 Å². The largest absolute Gasteiger partial charge is 0.326 e. The van der Waals surface area contributed by atoms with E-state index in [1.807, 2.05) is 24.3 Å². The minimum atomic E-state index is -0.647. The summed E-state index contributed by atoms with van der Waals surface area (Å²) in [5.74, 6) is -0.269. The maximum atomic E-state index is 11.7. The number of hydrogen-bond acceptors (Lipinski definition) is 2. The van der Waals surface area contributed by atoms with E-state index in [1.165, 1.54) is 5.56 Å². The number of rotatable bonds is 5. The molecule has 5 heteroatoms. The van der Waals surface area contributed by atoms with Crippen molar-refractivity contribution < 1.29 is 4.79 Å². The van der Waals surface area contributed by atoms with Crippen LogP contribution in [0.15, 0.2) is 29.4 Å². The van der Waals surface area contributed by atoms with Crippen LogP contribution in [0.2, 0.25) is 0 Å². The molecule has 1 rings (SSSR count). The van der Waals surface area contributed by atoms with Gasteiger partial charge in [0, 0.05) is 10.6 Å². The van der Waals surface area contributed by atoms with Crippen molar-refractivity contribution in [1.82, 2.24) is 0 Å². The van der Waals surface area contributed by atoms with Crippen molar-refractivity contribution in [2.45, 2.75) is 32.7 Å². The monoisotopic (exact) mass is 232 g/mol. The number of nitrogens with one attached hydrogen (secondary N) is 1.